The Morgan fingerprint density at radius 2 is 2.19 bits per heavy atom. The molecule has 0 aliphatic rings. The molecule has 4 nitrogen and oxygen atoms in total. The Morgan fingerprint density at radius 1 is 1.50 bits per heavy atom. The molecule has 0 aromatic carbocycles. The molecular formula is C11H26N4S. The first-order chi connectivity index (χ1) is 7.71. The Kier molecular flexibility index (Phi) is 9.52. The second-order valence-corrected chi connectivity index (χ2v) is 4.74. The van der Waals surface area contributed by atoms with Gasteiger partial charge in [0, 0.05) is 25.4 Å². The number of hydrazine groups is 1. The van der Waals surface area contributed by atoms with Crippen LogP contribution in [0.25, 0.3) is 0 Å². The number of nitrogens with two attached hydrogens (primary N) is 1. The molecule has 0 spiro atoms. The Hall–Kier alpha value is -0.420. The summed E-state index contributed by atoms with van der Waals surface area (Å²) in [6.45, 7) is 5.20. The molecule has 0 heterocycles. The third kappa shape index (κ3) is 5.61. The summed E-state index contributed by atoms with van der Waals surface area (Å²) in [5.41, 5.74) is 2.70. The summed E-state index contributed by atoms with van der Waals surface area (Å²) in [5.74, 6) is 7.41. The number of rotatable bonds is 7. The van der Waals surface area contributed by atoms with E-state index in [0.29, 0.717) is 6.04 Å². The first-order valence-corrected chi connectivity index (χ1v) is 7.33. The summed E-state index contributed by atoms with van der Waals surface area (Å²) in [7, 11) is 2.05. The SMILES string of the molecule is CCCCN=C(NN)N(C)C(CC)CSC. The van der Waals surface area contributed by atoms with E-state index in [-0.39, 0.29) is 0 Å². The van der Waals surface area contributed by atoms with Gasteiger partial charge in [-0.15, -0.1) is 0 Å². The zero-order valence-electron chi connectivity index (χ0n) is 11.0. The van der Waals surface area contributed by atoms with Crippen molar-refractivity contribution in [2.24, 2.45) is 10.8 Å². The van der Waals surface area contributed by atoms with E-state index in [2.05, 4.69) is 42.5 Å². The van der Waals surface area contributed by atoms with E-state index in [1.807, 2.05) is 11.8 Å². The molecule has 0 saturated carbocycles. The number of unbranched alkanes of at least 4 members (excludes halogenated alkanes) is 1. The second-order valence-electron chi connectivity index (χ2n) is 3.83. The van der Waals surface area contributed by atoms with Crippen LogP contribution in [0.15, 0.2) is 4.99 Å². The molecule has 0 aliphatic carbocycles. The van der Waals surface area contributed by atoms with Crippen molar-refractivity contribution in [3.63, 3.8) is 0 Å². The van der Waals surface area contributed by atoms with Gasteiger partial charge in [-0.3, -0.25) is 10.4 Å². The van der Waals surface area contributed by atoms with Gasteiger partial charge in [0.05, 0.1) is 0 Å². The lowest BCUT2D eigenvalue weighted by molar-refractivity contribution is 0.372. The normalized spacial score (nSPS) is 13.7. The second kappa shape index (κ2) is 9.78. The van der Waals surface area contributed by atoms with E-state index in [1.165, 1.54) is 0 Å². The summed E-state index contributed by atoms with van der Waals surface area (Å²) < 4.78 is 0. The molecule has 0 fully saturated rings. The molecule has 0 bridgehead atoms. The summed E-state index contributed by atoms with van der Waals surface area (Å²) >= 11 is 1.85. The third-order valence-corrected chi connectivity index (χ3v) is 3.33. The lowest BCUT2D eigenvalue weighted by atomic mass is 10.2. The van der Waals surface area contributed by atoms with Crippen molar-refractivity contribution >= 4 is 17.7 Å². The average molecular weight is 246 g/mol. The molecule has 0 amide bonds. The van der Waals surface area contributed by atoms with E-state index >= 15 is 0 Å². The molecule has 3 N–H and O–H groups in total. The fourth-order valence-electron chi connectivity index (χ4n) is 1.47. The molecule has 96 valence electrons. The lowest BCUT2D eigenvalue weighted by Gasteiger charge is -2.29. The zero-order valence-corrected chi connectivity index (χ0v) is 11.8. The summed E-state index contributed by atoms with van der Waals surface area (Å²) in [6, 6.07) is 0.492. The van der Waals surface area contributed by atoms with Crippen LogP contribution in [0.3, 0.4) is 0 Å². The summed E-state index contributed by atoms with van der Waals surface area (Å²) in [6.07, 6.45) is 5.50. The number of nitrogens with one attached hydrogen (secondary N) is 1. The molecule has 16 heavy (non-hydrogen) atoms. The van der Waals surface area contributed by atoms with Crippen LogP contribution in [-0.4, -0.2) is 42.5 Å². The number of hydrogen-bond acceptors (Lipinski definition) is 3. The van der Waals surface area contributed by atoms with Crippen LogP contribution in [-0.2, 0) is 0 Å². The highest BCUT2D eigenvalue weighted by Gasteiger charge is 2.15. The first kappa shape index (κ1) is 15.6. The fourth-order valence-corrected chi connectivity index (χ4v) is 2.31. The van der Waals surface area contributed by atoms with Crippen LogP contribution in [0.5, 0.6) is 0 Å². The number of aliphatic imine (C=N–C) groups is 1. The van der Waals surface area contributed by atoms with E-state index in [9.17, 15) is 0 Å². The molecule has 0 aromatic rings. The molecule has 5 heteroatoms. The van der Waals surface area contributed by atoms with Crippen molar-refractivity contribution in [3.8, 4) is 0 Å². The predicted octanol–water partition coefficient (Wildman–Crippen LogP) is 1.68. The van der Waals surface area contributed by atoms with Gasteiger partial charge in [0.1, 0.15) is 0 Å². The number of guanidine groups is 1. The zero-order chi connectivity index (χ0) is 12.4. The Balaban J connectivity index is 4.35. The molecule has 1 atom stereocenters. The van der Waals surface area contributed by atoms with Crippen molar-refractivity contribution in [1.82, 2.24) is 10.3 Å². The average Bonchev–Trinajstić information content (AvgIpc) is 2.31. The largest absolute Gasteiger partial charge is 0.341 e. The monoisotopic (exact) mass is 246 g/mol. The molecule has 1 unspecified atom stereocenters. The number of thioether (sulfide) groups is 1. The van der Waals surface area contributed by atoms with Gasteiger partial charge in [0.25, 0.3) is 0 Å². The molecule has 0 rings (SSSR count). The van der Waals surface area contributed by atoms with Crippen molar-refractivity contribution in [3.05, 3.63) is 0 Å². The first-order valence-electron chi connectivity index (χ1n) is 5.94. The summed E-state index contributed by atoms with van der Waals surface area (Å²) in [4.78, 5) is 6.63. The van der Waals surface area contributed by atoms with Crippen LogP contribution in [0, 0.1) is 0 Å². The van der Waals surface area contributed by atoms with Crippen LogP contribution in [0.1, 0.15) is 33.1 Å². The highest BCUT2D eigenvalue weighted by atomic mass is 32.2. The number of hydrogen-bond donors (Lipinski definition) is 2. The lowest BCUT2D eigenvalue weighted by Crippen LogP contribution is -2.48. The van der Waals surface area contributed by atoms with Gasteiger partial charge in [-0.25, -0.2) is 5.84 Å². The smallest absolute Gasteiger partial charge is 0.208 e. The van der Waals surface area contributed by atoms with E-state index in [4.69, 9.17) is 5.84 Å². The van der Waals surface area contributed by atoms with Gasteiger partial charge in [0.2, 0.25) is 5.96 Å². The van der Waals surface area contributed by atoms with Crippen molar-refractivity contribution in [2.75, 3.05) is 25.6 Å². The van der Waals surface area contributed by atoms with Gasteiger partial charge < -0.3 is 4.90 Å². The maximum Gasteiger partial charge on any atom is 0.208 e. The maximum absolute atomic E-state index is 5.52. The fraction of sp³-hybridized carbons (Fsp3) is 0.909. The standard InChI is InChI=1S/C11H26N4S/c1-5-7-8-13-11(14-12)15(3)10(6-2)9-16-4/h10H,5-9,12H2,1-4H3,(H,13,14). The Morgan fingerprint density at radius 3 is 2.62 bits per heavy atom. The Labute approximate surface area is 104 Å². The van der Waals surface area contributed by atoms with Crippen LogP contribution < -0.4 is 11.3 Å². The van der Waals surface area contributed by atoms with Gasteiger partial charge in [-0.2, -0.15) is 11.8 Å². The minimum atomic E-state index is 0.492. The van der Waals surface area contributed by atoms with Gasteiger partial charge in [-0.1, -0.05) is 20.3 Å². The van der Waals surface area contributed by atoms with Crippen LogP contribution in [0.2, 0.25) is 0 Å². The number of nitrogens with zero attached hydrogens (tertiary/aromatic N) is 2. The van der Waals surface area contributed by atoms with Crippen LogP contribution >= 0.6 is 11.8 Å². The van der Waals surface area contributed by atoms with Crippen molar-refractivity contribution in [1.29, 1.82) is 0 Å². The molecule has 0 saturated heterocycles. The topological polar surface area (TPSA) is 53.6 Å². The molecule has 0 radical (unpaired) electrons. The van der Waals surface area contributed by atoms with Crippen LogP contribution in [0.4, 0.5) is 0 Å². The maximum atomic E-state index is 5.52. The summed E-state index contributed by atoms with van der Waals surface area (Å²) in [5, 5.41) is 0. The quantitative estimate of drug-likeness (QED) is 0.236. The third-order valence-electron chi connectivity index (χ3n) is 2.61. The molecule has 0 aromatic heterocycles. The highest BCUT2D eigenvalue weighted by Crippen LogP contribution is 2.08. The van der Waals surface area contributed by atoms with E-state index in [1.54, 1.807) is 0 Å². The van der Waals surface area contributed by atoms with Gasteiger partial charge >= 0.3 is 0 Å². The van der Waals surface area contributed by atoms with Crippen molar-refractivity contribution < 1.29 is 0 Å². The van der Waals surface area contributed by atoms with E-state index < -0.39 is 0 Å². The van der Waals surface area contributed by atoms with Gasteiger partial charge in [-0.05, 0) is 19.1 Å². The van der Waals surface area contributed by atoms with Crippen molar-refractivity contribution in [2.45, 2.75) is 39.2 Å². The molecular weight excluding hydrogens is 220 g/mol. The van der Waals surface area contributed by atoms with Gasteiger partial charge in [0.15, 0.2) is 0 Å². The minimum Gasteiger partial charge on any atom is -0.341 e. The predicted molar refractivity (Wildman–Crippen MR) is 74.8 cm³/mol. The Bertz CT molecular complexity index is 196. The van der Waals surface area contributed by atoms with E-state index in [0.717, 1.165) is 37.5 Å². The minimum absolute atomic E-state index is 0.492. The molecule has 0 aliphatic heterocycles. The highest BCUT2D eigenvalue weighted by molar-refractivity contribution is 7.98.